The number of carboxylic acids is 1. The van der Waals surface area contributed by atoms with Crippen molar-refractivity contribution in [3.8, 4) is 11.5 Å². The van der Waals surface area contributed by atoms with Gasteiger partial charge in [-0.3, -0.25) is 4.79 Å². The van der Waals surface area contributed by atoms with Gasteiger partial charge in [0.25, 0.3) is 5.91 Å². The molecule has 132 valence electrons. The molecule has 2 aromatic rings. The summed E-state index contributed by atoms with van der Waals surface area (Å²) in [6, 6.07) is 7.59. The molecule has 0 saturated carbocycles. The number of hydrogen-bond acceptors (Lipinski definition) is 4. The Morgan fingerprint density at radius 1 is 1.24 bits per heavy atom. The van der Waals surface area contributed by atoms with E-state index in [9.17, 15) is 9.59 Å². The van der Waals surface area contributed by atoms with Crippen LogP contribution in [0.5, 0.6) is 11.5 Å². The third-order valence-corrected chi connectivity index (χ3v) is 3.78. The minimum Gasteiger partial charge on any atom is -0.493 e. The number of rotatable bonds is 6. The highest BCUT2D eigenvalue weighted by molar-refractivity contribution is 6.32. The van der Waals surface area contributed by atoms with Gasteiger partial charge in [-0.05, 0) is 49.7 Å². The van der Waals surface area contributed by atoms with Gasteiger partial charge in [0.05, 0.1) is 24.3 Å². The van der Waals surface area contributed by atoms with Crippen LogP contribution in [-0.2, 0) is 0 Å². The number of carbonyl (C=O) groups excluding carboxylic acids is 1. The molecule has 25 heavy (non-hydrogen) atoms. The first kappa shape index (κ1) is 18.6. The Kier molecular flexibility index (Phi) is 5.88. The summed E-state index contributed by atoms with van der Waals surface area (Å²) in [6.07, 6.45) is 0. The van der Waals surface area contributed by atoms with E-state index in [2.05, 4.69) is 5.32 Å². The van der Waals surface area contributed by atoms with Crippen molar-refractivity contribution in [2.24, 2.45) is 0 Å². The zero-order valence-electron chi connectivity index (χ0n) is 14.1. The molecule has 0 atom stereocenters. The van der Waals surface area contributed by atoms with Crippen molar-refractivity contribution in [1.82, 2.24) is 0 Å². The number of aryl methyl sites for hydroxylation is 1. The SMILES string of the molecule is CCOc1c(Cl)cc(C(=O)Nc2ccc(C(=O)O)c(C)c2)cc1OC. The number of halogens is 1. The molecule has 0 bridgehead atoms. The van der Waals surface area contributed by atoms with Crippen molar-refractivity contribution in [3.63, 3.8) is 0 Å². The third kappa shape index (κ3) is 4.22. The van der Waals surface area contributed by atoms with E-state index in [1.54, 1.807) is 13.0 Å². The maximum atomic E-state index is 12.5. The summed E-state index contributed by atoms with van der Waals surface area (Å²) in [5.41, 5.74) is 1.51. The van der Waals surface area contributed by atoms with Gasteiger partial charge in [0.1, 0.15) is 0 Å². The summed E-state index contributed by atoms with van der Waals surface area (Å²) < 4.78 is 10.6. The van der Waals surface area contributed by atoms with Crippen LogP contribution in [0.3, 0.4) is 0 Å². The molecule has 0 aliphatic rings. The van der Waals surface area contributed by atoms with Crippen LogP contribution in [0.4, 0.5) is 5.69 Å². The molecular weight excluding hydrogens is 346 g/mol. The highest BCUT2D eigenvalue weighted by atomic mass is 35.5. The zero-order chi connectivity index (χ0) is 18.6. The second-order valence-electron chi connectivity index (χ2n) is 5.21. The van der Waals surface area contributed by atoms with E-state index in [0.717, 1.165) is 0 Å². The van der Waals surface area contributed by atoms with E-state index >= 15 is 0 Å². The number of methoxy groups -OCH3 is 1. The van der Waals surface area contributed by atoms with Gasteiger partial charge in [-0.2, -0.15) is 0 Å². The van der Waals surface area contributed by atoms with Crippen LogP contribution in [0.15, 0.2) is 30.3 Å². The van der Waals surface area contributed by atoms with E-state index < -0.39 is 11.9 Å². The fraction of sp³-hybridized carbons (Fsp3) is 0.222. The largest absolute Gasteiger partial charge is 0.493 e. The summed E-state index contributed by atoms with van der Waals surface area (Å²) >= 11 is 6.17. The van der Waals surface area contributed by atoms with Crippen LogP contribution in [0.1, 0.15) is 33.2 Å². The van der Waals surface area contributed by atoms with Gasteiger partial charge in [0.2, 0.25) is 0 Å². The lowest BCUT2D eigenvalue weighted by molar-refractivity contribution is 0.0696. The van der Waals surface area contributed by atoms with Gasteiger partial charge in [-0.1, -0.05) is 11.6 Å². The number of benzene rings is 2. The Labute approximate surface area is 150 Å². The van der Waals surface area contributed by atoms with E-state index in [4.69, 9.17) is 26.2 Å². The van der Waals surface area contributed by atoms with E-state index in [1.807, 2.05) is 6.92 Å². The Morgan fingerprint density at radius 3 is 2.52 bits per heavy atom. The number of hydrogen-bond donors (Lipinski definition) is 2. The van der Waals surface area contributed by atoms with Crippen molar-refractivity contribution >= 4 is 29.2 Å². The molecule has 0 aromatic heterocycles. The van der Waals surface area contributed by atoms with Gasteiger partial charge in [-0.15, -0.1) is 0 Å². The molecule has 0 spiro atoms. The van der Waals surface area contributed by atoms with Gasteiger partial charge in [0.15, 0.2) is 11.5 Å². The predicted molar refractivity (Wildman–Crippen MR) is 95.3 cm³/mol. The fourth-order valence-corrected chi connectivity index (χ4v) is 2.59. The number of amides is 1. The summed E-state index contributed by atoms with van der Waals surface area (Å²) in [5.74, 6) is -0.675. The second kappa shape index (κ2) is 7.90. The van der Waals surface area contributed by atoms with Crippen molar-refractivity contribution in [1.29, 1.82) is 0 Å². The summed E-state index contributed by atoms with van der Waals surface area (Å²) in [7, 11) is 1.46. The Morgan fingerprint density at radius 2 is 1.96 bits per heavy atom. The smallest absolute Gasteiger partial charge is 0.335 e. The molecule has 0 unspecified atom stereocenters. The first-order valence-electron chi connectivity index (χ1n) is 7.53. The number of ether oxygens (including phenoxy) is 2. The lowest BCUT2D eigenvalue weighted by atomic mass is 10.1. The van der Waals surface area contributed by atoms with Gasteiger partial charge in [-0.25, -0.2) is 4.79 Å². The van der Waals surface area contributed by atoms with Gasteiger partial charge in [0, 0.05) is 11.3 Å². The van der Waals surface area contributed by atoms with Crippen molar-refractivity contribution < 1.29 is 24.2 Å². The number of nitrogens with one attached hydrogen (secondary N) is 1. The summed E-state index contributed by atoms with van der Waals surface area (Å²) in [6.45, 7) is 3.90. The zero-order valence-corrected chi connectivity index (χ0v) is 14.8. The topological polar surface area (TPSA) is 84.9 Å². The van der Waals surface area contributed by atoms with Crippen LogP contribution in [0, 0.1) is 6.92 Å². The average Bonchev–Trinajstić information content (AvgIpc) is 2.56. The van der Waals surface area contributed by atoms with E-state index in [1.165, 1.54) is 31.4 Å². The van der Waals surface area contributed by atoms with Crippen molar-refractivity contribution in [2.75, 3.05) is 19.0 Å². The molecule has 0 aliphatic carbocycles. The molecular formula is C18H18ClNO5. The summed E-state index contributed by atoms with van der Waals surface area (Å²) in [4.78, 5) is 23.5. The molecule has 0 saturated heterocycles. The van der Waals surface area contributed by atoms with Crippen LogP contribution in [-0.4, -0.2) is 30.7 Å². The predicted octanol–water partition coefficient (Wildman–Crippen LogP) is 4.01. The highest BCUT2D eigenvalue weighted by Crippen LogP contribution is 2.36. The molecule has 0 aliphatic heterocycles. The van der Waals surface area contributed by atoms with Crippen LogP contribution in [0.25, 0.3) is 0 Å². The van der Waals surface area contributed by atoms with E-state index in [0.29, 0.717) is 34.9 Å². The molecule has 2 rings (SSSR count). The van der Waals surface area contributed by atoms with E-state index in [-0.39, 0.29) is 10.6 Å². The average molecular weight is 364 g/mol. The molecule has 7 heteroatoms. The lowest BCUT2D eigenvalue weighted by Crippen LogP contribution is -2.13. The Hall–Kier alpha value is -2.73. The maximum absolute atomic E-state index is 12.5. The first-order chi connectivity index (χ1) is 11.9. The highest BCUT2D eigenvalue weighted by Gasteiger charge is 2.16. The molecule has 2 aromatic carbocycles. The fourth-order valence-electron chi connectivity index (χ4n) is 2.32. The maximum Gasteiger partial charge on any atom is 0.335 e. The van der Waals surface area contributed by atoms with Crippen LogP contribution in [0.2, 0.25) is 5.02 Å². The summed E-state index contributed by atoms with van der Waals surface area (Å²) in [5, 5.41) is 12.0. The Bertz CT molecular complexity index is 819. The van der Waals surface area contributed by atoms with Crippen molar-refractivity contribution in [3.05, 3.63) is 52.0 Å². The molecule has 0 fully saturated rings. The number of carbonyl (C=O) groups is 2. The normalized spacial score (nSPS) is 10.2. The van der Waals surface area contributed by atoms with Gasteiger partial charge >= 0.3 is 5.97 Å². The van der Waals surface area contributed by atoms with Crippen LogP contribution >= 0.6 is 11.6 Å². The molecule has 0 radical (unpaired) electrons. The quantitative estimate of drug-likeness (QED) is 0.810. The van der Waals surface area contributed by atoms with Crippen LogP contribution < -0.4 is 14.8 Å². The lowest BCUT2D eigenvalue weighted by Gasteiger charge is -2.13. The number of aromatic carboxylic acids is 1. The molecule has 1 amide bonds. The Balaban J connectivity index is 2.28. The number of carboxylic acid groups (broad SMARTS) is 1. The molecule has 0 heterocycles. The second-order valence-corrected chi connectivity index (χ2v) is 5.62. The molecule has 2 N–H and O–H groups in total. The standard InChI is InChI=1S/C18H18ClNO5/c1-4-25-16-14(19)8-11(9-15(16)24-3)17(21)20-12-5-6-13(18(22)23)10(2)7-12/h5-9H,4H2,1-3H3,(H,20,21)(H,22,23). The minimum absolute atomic E-state index is 0.184. The minimum atomic E-state index is -1.02. The third-order valence-electron chi connectivity index (χ3n) is 3.49. The number of anilines is 1. The first-order valence-corrected chi connectivity index (χ1v) is 7.90. The molecule has 6 nitrogen and oxygen atoms in total. The van der Waals surface area contributed by atoms with Gasteiger partial charge < -0.3 is 19.9 Å². The van der Waals surface area contributed by atoms with Crippen molar-refractivity contribution in [2.45, 2.75) is 13.8 Å². The monoisotopic (exact) mass is 363 g/mol.